The number of benzene rings is 4. The summed E-state index contributed by atoms with van der Waals surface area (Å²) in [4.78, 5) is 0. The third kappa shape index (κ3) is 3.26. The number of hydrogen-bond donors (Lipinski definition) is 0. The van der Waals surface area contributed by atoms with Gasteiger partial charge in [0.05, 0.1) is 11.9 Å². The quantitative estimate of drug-likeness (QED) is 0.343. The highest BCUT2D eigenvalue weighted by Crippen LogP contribution is 2.39. The number of hydrogen-bond acceptors (Lipinski definition) is 3. The SMILES string of the molecule is Clc1ccc(-c2cc(-c3ccccc3)ccc2-c2ccnnn2)c2ccccc12. The molecule has 0 saturated heterocycles. The van der Waals surface area contributed by atoms with E-state index in [1.54, 1.807) is 6.20 Å². The lowest BCUT2D eigenvalue weighted by Gasteiger charge is -2.15. The molecular weight excluding hydrogens is 378 g/mol. The molecule has 0 radical (unpaired) electrons. The number of nitrogens with zero attached hydrogens (tertiary/aromatic N) is 3. The van der Waals surface area contributed by atoms with E-state index in [0.29, 0.717) is 0 Å². The van der Waals surface area contributed by atoms with Gasteiger partial charge in [0.15, 0.2) is 0 Å². The van der Waals surface area contributed by atoms with Crippen LogP contribution in [0.1, 0.15) is 0 Å². The number of halogens is 1. The maximum atomic E-state index is 6.47. The summed E-state index contributed by atoms with van der Waals surface area (Å²) in [6, 6.07) is 30.9. The Bertz CT molecular complexity index is 1300. The van der Waals surface area contributed by atoms with Crippen LogP contribution in [0.15, 0.2) is 97.2 Å². The summed E-state index contributed by atoms with van der Waals surface area (Å²) in [6.07, 6.45) is 1.66. The fourth-order valence-electron chi connectivity index (χ4n) is 3.68. The van der Waals surface area contributed by atoms with Gasteiger partial charge in [0.2, 0.25) is 0 Å². The van der Waals surface area contributed by atoms with Gasteiger partial charge in [-0.15, -0.1) is 10.2 Å². The van der Waals surface area contributed by atoms with Gasteiger partial charge in [0.1, 0.15) is 0 Å². The van der Waals surface area contributed by atoms with E-state index in [1.807, 2.05) is 36.4 Å². The maximum Gasteiger partial charge on any atom is 0.0969 e. The topological polar surface area (TPSA) is 38.7 Å². The first-order chi connectivity index (χ1) is 14.3. The van der Waals surface area contributed by atoms with Crippen molar-refractivity contribution in [3.8, 4) is 33.5 Å². The zero-order chi connectivity index (χ0) is 19.6. The number of fused-ring (bicyclic) bond motifs is 1. The van der Waals surface area contributed by atoms with E-state index in [0.717, 1.165) is 43.7 Å². The van der Waals surface area contributed by atoms with Gasteiger partial charge in [0.25, 0.3) is 0 Å². The Morgan fingerprint density at radius 3 is 2.14 bits per heavy atom. The third-order valence-electron chi connectivity index (χ3n) is 5.07. The number of aromatic nitrogens is 3. The molecule has 0 aliphatic rings. The second-order valence-electron chi connectivity index (χ2n) is 6.77. The molecule has 0 unspecified atom stereocenters. The lowest BCUT2D eigenvalue weighted by Crippen LogP contribution is -1.93. The molecule has 5 rings (SSSR count). The van der Waals surface area contributed by atoms with Gasteiger partial charge < -0.3 is 0 Å². The first-order valence-electron chi connectivity index (χ1n) is 9.33. The van der Waals surface area contributed by atoms with Crippen molar-refractivity contribution >= 4 is 22.4 Å². The van der Waals surface area contributed by atoms with Crippen molar-refractivity contribution < 1.29 is 0 Å². The van der Waals surface area contributed by atoms with E-state index in [-0.39, 0.29) is 0 Å². The second kappa shape index (κ2) is 7.46. The number of rotatable bonds is 3. The largest absolute Gasteiger partial charge is 0.139 e. The molecule has 0 bridgehead atoms. The molecule has 0 spiro atoms. The van der Waals surface area contributed by atoms with Crippen LogP contribution in [0.5, 0.6) is 0 Å². The molecule has 0 aliphatic carbocycles. The molecule has 0 N–H and O–H groups in total. The summed E-state index contributed by atoms with van der Waals surface area (Å²) < 4.78 is 0. The van der Waals surface area contributed by atoms with Gasteiger partial charge in [0, 0.05) is 16.0 Å². The Hall–Kier alpha value is -3.56. The van der Waals surface area contributed by atoms with E-state index < -0.39 is 0 Å². The van der Waals surface area contributed by atoms with Crippen LogP contribution >= 0.6 is 11.6 Å². The first kappa shape index (κ1) is 17.5. The van der Waals surface area contributed by atoms with Gasteiger partial charge in [-0.3, -0.25) is 0 Å². The molecule has 1 aromatic heterocycles. The van der Waals surface area contributed by atoms with Gasteiger partial charge in [-0.2, -0.15) is 0 Å². The highest BCUT2D eigenvalue weighted by atomic mass is 35.5. The lowest BCUT2D eigenvalue weighted by atomic mass is 9.90. The lowest BCUT2D eigenvalue weighted by molar-refractivity contribution is 0.871. The van der Waals surface area contributed by atoms with Crippen LogP contribution in [0, 0.1) is 0 Å². The standard InChI is InChI=1S/C25H16ClN3/c26-24-13-12-20(19-8-4-5-9-21(19)24)23-16-18(17-6-2-1-3-7-17)10-11-22(23)25-14-15-27-29-28-25/h1-16H. The minimum absolute atomic E-state index is 0.744. The molecule has 138 valence electrons. The highest BCUT2D eigenvalue weighted by molar-refractivity contribution is 6.36. The molecule has 5 aromatic rings. The van der Waals surface area contributed by atoms with E-state index in [4.69, 9.17) is 11.6 Å². The smallest absolute Gasteiger partial charge is 0.0969 e. The molecule has 4 heteroatoms. The van der Waals surface area contributed by atoms with Crippen LogP contribution in [0.4, 0.5) is 0 Å². The molecule has 0 atom stereocenters. The molecular formula is C25H16ClN3. The van der Waals surface area contributed by atoms with Crippen molar-refractivity contribution in [3.05, 3.63) is 102 Å². The fourth-order valence-corrected chi connectivity index (χ4v) is 3.91. The van der Waals surface area contributed by atoms with Crippen molar-refractivity contribution in [2.45, 2.75) is 0 Å². The highest BCUT2D eigenvalue weighted by Gasteiger charge is 2.14. The Morgan fingerprint density at radius 1 is 0.586 bits per heavy atom. The average molecular weight is 394 g/mol. The Balaban J connectivity index is 1.82. The van der Waals surface area contributed by atoms with Crippen molar-refractivity contribution in [1.82, 2.24) is 15.4 Å². The Labute approximate surface area is 173 Å². The third-order valence-corrected chi connectivity index (χ3v) is 5.40. The molecule has 3 nitrogen and oxygen atoms in total. The zero-order valence-corrected chi connectivity index (χ0v) is 16.2. The van der Waals surface area contributed by atoms with Crippen molar-refractivity contribution in [2.24, 2.45) is 0 Å². The second-order valence-corrected chi connectivity index (χ2v) is 7.18. The minimum Gasteiger partial charge on any atom is -0.139 e. The summed E-state index contributed by atoms with van der Waals surface area (Å²) >= 11 is 6.47. The van der Waals surface area contributed by atoms with Crippen LogP contribution in [-0.4, -0.2) is 15.4 Å². The van der Waals surface area contributed by atoms with E-state index >= 15 is 0 Å². The van der Waals surface area contributed by atoms with Crippen molar-refractivity contribution in [3.63, 3.8) is 0 Å². The Kier molecular flexibility index (Phi) is 4.51. The molecule has 4 aromatic carbocycles. The van der Waals surface area contributed by atoms with E-state index in [1.165, 1.54) is 5.56 Å². The van der Waals surface area contributed by atoms with E-state index in [9.17, 15) is 0 Å². The van der Waals surface area contributed by atoms with E-state index in [2.05, 4.69) is 70.0 Å². The predicted octanol–water partition coefficient (Wildman–Crippen LogP) is 6.68. The van der Waals surface area contributed by atoms with Gasteiger partial charge in [-0.25, -0.2) is 0 Å². The molecule has 1 heterocycles. The van der Waals surface area contributed by atoms with Crippen molar-refractivity contribution in [1.29, 1.82) is 0 Å². The summed E-state index contributed by atoms with van der Waals surface area (Å²) in [5.74, 6) is 0. The van der Waals surface area contributed by atoms with Crippen LogP contribution in [0.25, 0.3) is 44.3 Å². The molecule has 0 saturated carbocycles. The Morgan fingerprint density at radius 2 is 1.34 bits per heavy atom. The normalized spacial score (nSPS) is 10.9. The van der Waals surface area contributed by atoms with Gasteiger partial charge >= 0.3 is 0 Å². The molecule has 0 amide bonds. The molecule has 29 heavy (non-hydrogen) atoms. The van der Waals surface area contributed by atoms with Gasteiger partial charge in [-0.1, -0.05) is 84.4 Å². The van der Waals surface area contributed by atoms with Gasteiger partial charge in [-0.05, 0) is 51.1 Å². The van der Waals surface area contributed by atoms with Crippen LogP contribution in [0.2, 0.25) is 5.02 Å². The minimum atomic E-state index is 0.744. The molecule has 0 aliphatic heterocycles. The van der Waals surface area contributed by atoms with Crippen LogP contribution < -0.4 is 0 Å². The monoisotopic (exact) mass is 393 g/mol. The summed E-state index contributed by atoms with van der Waals surface area (Å²) in [7, 11) is 0. The molecule has 0 fully saturated rings. The summed E-state index contributed by atoms with van der Waals surface area (Å²) in [5.41, 5.74) is 6.29. The van der Waals surface area contributed by atoms with Crippen LogP contribution in [0.3, 0.4) is 0 Å². The maximum absolute atomic E-state index is 6.47. The fraction of sp³-hybridized carbons (Fsp3) is 0. The zero-order valence-electron chi connectivity index (χ0n) is 15.5. The van der Waals surface area contributed by atoms with Crippen LogP contribution in [-0.2, 0) is 0 Å². The first-order valence-corrected chi connectivity index (χ1v) is 9.71. The van der Waals surface area contributed by atoms with Crippen molar-refractivity contribution in [2.75, 3.05) is 0 Å². The predicted molar refractivity (Wildman–Crippen MR) is 119 cm³/mol. The summed E-state index contributed by atoms with van der Waals surface area (Å²) in [6.45, 7) is 0. The summed E-state index contributed by atoms with van der Waals surface area (Å²) in [5, 5.41) is 14.8. The average Bonchev–Trinajstić information content (AvgIpc) is 2.80.